The van der Waals surface area contributed by atoms with Gasteiger partial charge in [-0.2, -0.15) is 4.68 Å². The van der Waals surface area contributed by atoms with Gasteiger partial charge in [0.2, 0.25) is 5.16 Å². The van der Waals surface area contributed by atoms with Crippen LogP contribution >= 0.6 is 11.8 Å². The van der Waals surface area contributed by atoms with Crippen LogP contribution < -0.4 is 0 Å². The molecule has 8 heteroatoms. The van der Waals surface area contributed by atoms with Gasteiger partial charge in [0.1, 0.15) is 5.76 Å². The number of aromatic nitrogens is 5. The first-order chi connectivity index (χ1) is 13.6. The van der Waals surface area contributed by atoms with Crippen LogP contribution in [0.25, 0.3) is 5.69 Å². The average molecular weight is 393 g/mol. The Balaban J connectivity index is 1.49. The van der Waals surface area contributed by atoms with E-state index in [9.17, 15) is 4.79 Å². The van der Waals surface area contributed by atoms with Gasteiger partial charge in [-0.05, 0) is 54.6 Å². The summed E-state index contributed by atoms with van der Waals surface area (Å²) in [5.41, 5.74) is 3.54. The number of benzene rings is 1. The van der Waals surface area contributed by atoms with E-state index in [0.717, 1.165) is 28.4 Å². The van der Waals surface area contributed by atoms with Gasteiger partial charge >= 0.3 is 0 Å². The highest BCUT2D eigenvalue weighted by Gasteiger charge is 2.18. The summed E-state index contributed by atoms with van der Waals surface area (Å²) in [5, 5.41) is 12.4. The van der Waals surface area contributed by atoms with Gasteiger partial charge in [0.15, 0.2) is 5.78 Å². The first kappa shape index (κ1) is 18.2. The molecule has 0 radical (unpaired) electrons. The van der Waals surface area contributed by atoms with E-state index in [4.69, 9.17) is 4.42 Å². The largest absolute Gasteiger partial charge is 0.467 e. The standard InChI is InChI=1S/C20H19N5O2S/c1-14-11-18(15(2)24(14)12-17-9-6-10-27-17)19(26)13-28-20-21-22-23-25(20)16-7-4-3-5-8-16/h3-11H,12-13H2,1-2H3. The number of hydrogen-bond acceptors (Lipinski definition) is 6. The lowest BCUT2D eigenvalue weighted by atomic mass is 10.2. The number of nitrogens with zero attached hydrogens (tertiary/aromatic N) is 5. The summed E-state index contributed by atoms with van der Waals surface area (Å²) < 4.78 is 9.16. The third kappa shape index (κ3) is 3.63. The van der Waals surface area contributed by atoms with Crippen LogP contribution in [0.4, 0.5) is 0 Å². The Hall–Kier alpha value is -3.13. The Labute approximate surface area is 166 Å². The zero-order chi connectivity index (χ0) is 19.5. The van der Waals surface area contributed by atoms with Crippen LogP contribution in [-0.4, -0.2) is 36.3 Å². The van der Waals surface area contributed by atoms with Crippen LogP contribution in [0.3, 0.4) is 0 Å². The lowest BCUT2D eigenvalue weighted by Gasteiger charge is -2.08. The van der Waals surface area contributed by atoms with E-state index in [1.807, 2.05) is 62.4 Å². The van der Waals surface area contributed by atoms with E-state index >= 15 is 0 Å². The van der Waals surface area contributed by atoms with Crippen molar-refractivity contribution in [3.05, 3.63) is 77.5 Å². The number of hydrogen-bond donors (Lipinski definition) is 0. The minimum absolute atomic E-state index is 0.0476. The molecule has 142 valence electrons. The van der Waals surface area contributed by atoms with Gasteiger partial charge in [-0.1, -0.05) is 30.0 Å². The number of ketones is 1. The Morgan fingerprint density at radius 1 is 1.14 bits per heavy atom. The molecule has 0 aliphatic heterocycles. The SMILES string of the molecule is Cc1cc(C(=O)CSc2nnnn2-c2ccccc2)c(C)n1Cc1ccco1. The smallest absolute Gasteiger partial charge is 0.214 e. The van der Waals surface area contributed by atoms with Crippen molar-refractivity contribution in [2.75, 3.05) is 5.75 Å². The average Bonchev–Trinajstić information content (AvgIpc) is 3.44. The summed E-state index contributed by atoms with van der Waals surface area (Å²) in [6, 6.07) is 15.3. The number of para-hydroxylation sites is 1. The molecule has 4 rings (SSSR count). The van der Waals surface area contributed by atoms with E-state index in [0.29, 0.717) is 11.7 Å². The van der Waals surface area contributed by atoms with Crippen LogP contribution in [0.2, 0.25) is 0 Å². The molecule has 0 saturated carbocycles. The van der Waals surface area contributed by atoms with Gasteiger partial charge in [-0.3, -0.25) is 4.79 Å². The lowest BCUT2D eigenvalue weighted by molar-refractivity contribution is 0.102. The van der Waals surface area contributed by atoms with Gasteiger partial charge < -0.3 is 8.98 Å². The molecule has 1 aromatic carbocycles. The predicted octanol–water partition coefficient (Wildman–Crippen LogP) is 3.70. The highest BCUT2D eigenvalue weighted by atomic mass is 32.2. The number of aryl methyl sites for hydroxylation is 1. The minimum Gasteiger partial charge on any atom is -0.467 e. The van der Waals surface area contributed by atoms with Crippen LogP contribution in [-0.2, 0) is 6.54 Å². The van der Waals surface area contributed by atoms with E-state index in [1.165, 1.54) is 11.8 Å². The highest BCUT2D eigenvalue weighted by Crippen LogP contribution is 2.23. The highest BCUT2D eigenvalue weighted by molar-refractivity contribution is 7.99. The van der Waals surface area contributed by atoms with Crippen molar-refractivity contribution < 1.29 is 9.21 Å². The van der Waals surface area contributed by atoms with Crippen molar-refractivity contribution in [1.82, 2.24) is 24.8 Å². The molecule has 3 aromatic heterocycles. The number of furan rings is 1. The van der Waals surface area contributed by atoms with Crippen molar-refractivity contribution in [2.45, 2.75) is 25.5 Å². The van der Waals surface area contributed by atoms with Gasteiger partial charge in [0.05, 0.1) is 24.2 Å². The molecule has 0 spiro atoms. The van der Waals surface area contributed by atoms with E-state index in [2.05, 4.69) is 20.1 Å². The summed E-state index contributed by atoms with van der Waals surface area (Å²) >= 11 is 1.33. The normalized spacial score (nSPS) is 11.1. The number of rotatable bonds is 7. The third-order valence-corrected chi connectivity index (χ3v) is 5.46. The number of Topliss-reactive ketones (excluding diaryl/α,β-unsaturated/α-hetero) is 1. The first-order valence-electron chi connectivity index (χ1n) is 8.82. The molecule has 0 atom stereocenters. The van der Waals surface area contributed by atoms with Crippen molar-refractivity contribution >= 4 is 17.5 Å². The van der Waals surface area contributed by atoms with Crippen molar-refractivity contribution in [3.63, 3.8) is 0 Å². The quantitative estimate of drug-likeness (QED) is 0.352. The molecular weight excluding hydrogens is 374 g/mol. The molecule has 0 unspecified atom stereocenters. The van der Waals surface area contributed by atoms with Gasteiger partial charge in [-0.25, -0.2) is 0 Å². The molecule has 0 N–H and O–H groups in total. The zero-order valence-electron chi connectivity index (χ0n) is 15.6. The maximum atomic E-state index is 12.8. The second-order valence-electron chi connectivity index (χ2n) is 6.37. The van der Waals surface area contributed by atoms with Crippen LogP contribution in [0.5, 0.6) is 0 Å². The molecule has 3 heterocycles. The second-order valence-corrected chi connectivity index (χ2v) is 7.31. The minimum atomic E-state index is 0.0476. The summed E-state index contributed by atoms with van der Waals surface area (Å²) in [7, 11) is 0. The molecule has 0 bridgehead atoms. The van der Waals surface area contributed by atoms with Gasteiger partial charge in [0, 0.05) is 17.0 Å². The number of thioether (sulfide) groups is 1. The lowest BCUT2D eigenvalue weighted by Crippen LogP contribution is -2.08. The maximum Gasteiger partial charge on any atom is 0.214 e. The maximum absolute atomic E-state index is 12.8. The summed E-state index contributed by atoms with van der Waals surface area (Å²) in [5.74, 6) is 1.17. The van der Waals surface area contributed by atoms with Gasteiger partial charge in [0.25, 0.3) is 0 Å². The van der Waals surface area contributed by atoms with Crippen LogP contribution in [0.15, 0.2) is 64.4 Å². The van der Waals surface area contributed by atoms with E-state index in [-0.39, 0.29) is 11.5 Å². The fraction of sp³-hybridized carbons (Fsp3) is 0.200. The van der Waals surface area contributed by atoms with Crippen LogP contribution in [0.1, 0.15) is 27.5 Å². The Bertz CT molecular complexity index is 1080. The number of carbonyl (C=O) groups excluding carboxylic acids is 1. The molecule has 0 amide bonds. The number of tetrazole rings is 1. The molecule has 4 aromatic rings. The van der Waals surface area contributed by atoms with E-state index in [1.54, 1.807) is 10.9 Å². The third-order valence-electron chi connectivity index (χ3n) is 4.54. The molecule has 0 fully saturated rings. The molecule has 0 aliphatic carbocycles. The summed E-state index contributed by atoms with van der Waals surface area (Å²) in [6.45, 7) is 4.56. The van der Waals surface area contributed by atoms with Crippen LogP contribution in [0, 0.1) is 13.8 Å². The molecular formula is C20H19N5O2S. The Morgan fingerprint density at radius 2 is 1.96 bits per heavy atom. The molecule has 0 aliphatic rings. The Kier molecular flexibility index (Phi) is 5.12. The van der Waals surface area contributed by atoms with E-state index < -0.39 is 0 Å². The predicted molar refractivity (Wildman–Crippen MR) is 106 cm³/mol. The molecule has 0 saturated heterocycles. The Morgan fingerprint density at radius 3 is 2.71 bits per heavy atom. The number of carbonyl (C=O) groups is 1. The second kappa shape index (κ2) is 7.85. The fourth-order valence-corrected chi connectivity index (χ4v) is 3.87. The van der Waals surface area contributed by atoms with Crippen molar-refractivity contribution in [3.8, 4) is 5.69 Å². The molecule has 7 nitrogen and oxygen atoms in total. The monoisotopic (exact) mass is 393 g/mol. The first-order valence-corrected chi connectivity index (χ1v) is 9.81. The summed E-state index contributed by atoms with van der Waals surface area (Å²) in [4.78, 5) is 12.8. The van der Waals surface area contributed by atoms with Gasteiger partial charge in [-0.15, -0.1) is 5.10 Å². The van der Waals surface area contributed by atoms with Crippen molar-refractivity contribution in [2.24, 2.45) is 0 Å². The topological polar surface area (TPSA) is 78.7 Å². The zero-order valence-corrected chi connectivity index (χ0v) is 16.4. The molecule has 28 heavy (non-hydrogen) atoms. The fourth-order valence-electron chi connectivity index (χ4n) is 3.09. The summed E-state index contributed by atoms with van der Waals surface area (Å²) in [6.07, 6.45) is 1.66. The van der Waals surface area contributed by atoms with Crippen molar-refractivity contribution in [1.29, 1.82) is 0 Å².